The van der Waals surface area contributed by atoms with Gasteiger partial charge in [0.05, 0.1) is 17.6 Å². The van der Waals surface area contributed by atoms with Gasteiger partial charge in [-0.05, 0) is 43.6 Å². The van der Waals surface area contributed by atoms with Gasteiger partial charge in [0.25, 0.3) is 0 Å². The third-order valence-corrected chi connectivity index (χ3v) is 4.64. The number of aliphatic hydroxyl groups is 1. The van der Waals surface area contributed by atoms with Gasteiger partial charge >= 0.3 is 0 Å². The summed E-state index contributed by atoms with van der Waals surface area (Å²) in [7, 11) is 0. The van der Waals surface area contributed by atoms with Gasteiger partial charge in [0, 0.05) is 0 Å². The van der Waals surface area contributed by atoms with E-state index < -0.39 is 11.5 Å². The summed E-state index contributed by atoms with van der Waals surface area (Å²) in [6.07, 6.45) is 4.99. The summed E-state index contributed by atoms with van der Waals surface area (Å²) in [5, 5.41) is 19.9. The Balaban J connectivity index is 1.95. The molecule has 0 aromatic heterocycles. The van der Waals surface area contributed by atoms with E-state index in [0.717, 1.165) is 32.1 Å². The van der Waals surface area contributed by atoms with Gasteiger partial charge in [-0.25, -0.2) is 0 Å². The van der Waals surface area contributed by atoms with Gasteiger partial charge in [0.1, 0.15) is 0 Å². The fraction of sp³-hybridized carbons (Fsp3) is 0.588. The first kappa shape index (κ1) is 14.1. The predicted molar refractivity (Wildman–Crippen MR) is 76.4 cm³/mol. The molecular formula is C17H23NO. The smallest absolute Gasteiger partial charge is 0.0835 e. The average Bonchev–Trinajstić information content (AvgIpc) is 2.91. The number of aliphatic hydroxyl groups excluding tert-OH is 1. The van der Waals surface area contributed by atoms with Crippen LogP contribution in [0.3, 0.4) is 0 Å². The molecular weight excluding hydrogens is 234 g/mol. The van der Waals surface area contributed by atoms with Gasteiger partial charge in [-0.3, -0.25) is 0 Å². The maximum Gasteiger partial charge on any atom is 0.0835 e. The van der Waals surface area contributed by atoms with Gasteiger partial charge in [0.2, 0.25) is 0 Å². The number of nitriles is 1. The lowest BCUT2D eigenvalue weighted by atomic mass is 9.78. The van der Waals surface area contributed by atoms with Crippen LogP contribution in [0.2, 0.25) is 0 Å². The molecule has 2 nitrogen and oxygen atoms in total. The Morgan fingerprint density at radius 1 is 1.42 bits per heavy atom. The molecule has 0 saturated heterocycles. The second-order valence-electron chi connectivity index (χ2n) is 5.83. The van der Waals surface area contributed by atoms with Crippen molar-refractivity contribution < 1.29 is 5.11 Å². The van der Waals surface area contributed by atoms with E-state index in [0.29, 0.717) is 12.3 Å². The number of rotatable bonds is 5. The monoisotopic (exact) mass is 257 g/mol. The van der Waals surface area contributed by atoms with Crippen molar-refractivity contribution in [1.29, 1.82) is 5.26 Å². The van der Waals surface area contributed by atoms with Crippen LogP contribution in [0.25, 0.3) is 0 Å². The number of hydrogen-bond donors (Lipinski definition) is 1. The van der Waals surface area contributed by atoms with Crippen LogP contribution in [-0.4, -0.2) is 11.2 Å². The van der Waals surface area contributed by atoms with Crippen LogP contribution >= 0.6 is 0 Å². The summed E-state index contributed by atoms with van der Waals surface area (Å²) >= 11 is 0. The Labute approximate surface area is 116 Å². The molecule has 19 heavy (non-hydrogen) atoms. The molecule has 0 amide bonds. The molecule has 1 aliphatic rings. The molecule has 1 N–H and O–H groups in total. The molecule has 0 bridgehead atoms. The van der Waals surface area contributed by atoms with Crippen LogP contribution in [0.15, 0.2) is 30.3 Å². The summed E-state index contributed by atoms with van der Waals surface area (Å²) in [5.41, 5.74) is 0.745. The Kier molecular flexibility index (Phi) is 4.61. The van der Waals surface area contributed by atoms with Crippen molar-refractivity contribution in [3.63, 3.8) is 0 Å². The number of hydrogen-bond acceptors (Lipinski definition) is 2. The Hall–Kier alpha value is -1.33. The molecule has 3 unspecified atom stereocenters. The van der Waals surface area contributed by atoms with E-state index in [1.54, 1.807) is 0 Å². The summed E-state index contributed by atoms with van der Waals surface area (Å²) in [6.45, 7) is 2.18. The summed E-state index contributed by atoms with van der Waals surface area (Å²) < 4.78 is 0. The van der Waals surface area contributed by atoms with Crippen LogP contribution in [0, 0.1) is 22.7 Å². The molecule has 3 atom stereocenters. The van der Waals surface area contributed by atoms with Crippen molar-refractivity contribution in [2.24, 2.45) is 11.3 Å². The van der Waals surface area contributed by atoms with Crippen molar-refractivity contribution in [3.8, 4) is 6.07 Å². The van der Waals surface area contributed by atoms with Crippen LogP contribution in [-0.2, 0) is 6.42 Å². The third-order valence-electron chi connectivity index (χ3n) is 4.64. The van der Waals surface area contributed by atoms with Crippen LogP contribution in [0.5, 0.6) is 0 Å². The largest absolute Gasteiger partial charge is 0.391 e. The number of benzene rings is 1. The minimum Gasteiger partial charge on any atom is -0.391 e. The minimum absolute atomic E-state index is 0.491. The molecule has 2 heteroatoms. The number of aryl methyl sites for hydroxylation is 1. The standard InChI is InChI=1S/C17H23NO/c1-2-14-10-11-17(12-14,13-18)16(19)9-8-15-6-4-3-5-7-15/h3-7,14,16,19H,2,8-12H2,1H3. The Bertz CT molecular complexity index is 436. The molecule has 2 rings (SSSR count). The molecule has 1 aliphatic carbocycles. The maximum atomic E-state index is 10.5. The molecule has 0 spiro atoms. The first-order valence-electron chi connectivity index (χ1n) is 7.33. The molecule has 1 fully saturated rings. The van der Waals surface area contributed by atoms with Crippen LogP contribution < -0.4 is 0 Å². The second-order valence-corrected chi connectivity index (χ2v) is 5.83. The second kappa shape index (κ2) is 6.21. The predicted octanol–water partition coefficient (Wildman–Crippen LogP) is 3.70. The van der Waals surface area contributed by atoms with E-state index in [9.17, 15) is 10.4 Å². The van der Waals surface area contributed by atoms with E-state index in [2.05, 4.69) is 25.1 Å². The summed E-state index contributed by atoms with van der Waals surface area (Å²) in [4.78, 5) is 0. The lowest BCUT2D eigenvalue weighted by Gasteiger charge is -2.27. The van der Waals surface area contributed by atoms with Crippen LogP contribution in [0.1, 0.15) is 44.6 Å². The number of nitrogens with zero attached hydrogens (tertiary/aromatic N) is 1. The topological polar surface area (TPSA) is 44.0 Å². The molecule has 0 aliphatic heterocycles. The first-order valence-corrected chi connectivity index (χ1v) is 7.33. The third kappa shape index (κ3) is 3.16. The highest BCUT2D eigenvalue weighted by Crippen LogP contribution is 2.46. The Morgan fingerprint density at radius 3 is 2.74 bits per heavy atom. The van der Waals surface area contributed by atoms with Crippen molar-refractivity contribution in [2.75, 3.05) is 0 Å². The van der Waals surface area contributed by atoms with Crippen molar-refractivity contribution in [2.45, 2.75) is 51.6 Å². The summed E-state index contributed by atoms with van der Waals surface area (Å²) in [6, 6.07) is 12.6. The fourth-order valence-electron chi connectivity index (χ4n) is 3.23. The van der Waals surface area contributed by atoms with E-state index >= 15 is 0 Å². The highest BCUT2D eigenvalue weighted by molar-refractivity contribution is 5.16. The van der Waals surface area contributed by atoms with Gasteiger partial charge in [0.15, 0.2) is 0 Å². The van der Waals surface area contributed by atoms with Crippen molar-refractivity contribution >= 4 is 0 Å². The van der Waals surface area contributed by atoms with E-state index in [-0.39, 0.29) is 0 Å². The van der Waals surface area contributed by atoms with E-state index in [1.165, 1.54) is 5.56 Å². The normalized spacial score (nSPS) is 27.9. The zero-order valence-corrected chi connectivity index (χ0v) is 11.7. The molecule has 0 heterocycles. The van der Waals surface area contributed by atoms with Crippen molar-refractivity contribution in [1.82, 2.24) is 0 Å². The van der Waals surface area contributed by atoms with Crippen molar-refractivity contribution in [3.05, 3.63) is 35.9 Å². The fourth-order valence-corrected chi connectivity index (χ4v) is 3.23. The molecule has 1 saturated carbocycles. The van der Waals surface area contributed by atoms with Gasteiger partial charge in [-0.1, -0.05) is 43.7 Å². The molecule has 102 valence electrons. The first-order chi connectivity index (χ1) is 9.20. The lowest BCUT2D eigenvalue weighted by Crippen LogP contribution is -2.32. The van der Waals surface area contributed by atoms with Crippen LogP contribution in [0.4, 0.5) is 0 Å². The Morgan fingerprint density at radius 2 is 2.16 bits per heavy atom. The molecule has 1 aromatic rings. The average molecular weight is 257 g/mol. The highest BCUT2D eigenvalue weighted by Gasteiger charge is 2.44. The zero-order valence-electron chi connectivity index (χ0n) is 11.7. The maximum absolute atomic E-state index is 10.5. The molecule has 1 aromatic carbocycles. The van der Waals surface area contributed by atoms with Gasteiger partial charge < -0.3 is 5.11 Å². The quantitative estimate of drug-likeness (QED) is 0.874. The van der Waals surface area contributed by atoms with E-state index in [1.807, 2.05) is 18.2 Å². The lowest BCUT2D eigenvalue weighted by molar-refractivity contribution is 0.0574. The highest BCUT2D eigenvalue weighted by atomic mass is 16.3. The zero-order chi connectivity index (χ0) is 13.7. The SMILES string of the molecule is CCC1CCC(C#N)(C(O)CCc2ccccc2)C1. The van der Waals surface area contributed by atoms with E-state index in [4.69, 9.17) is 0 Å². The minimum atomic E-state index is -0.491. The van der Waals surface area contributed by atoms with Gasteiger partial charge in [-0.2, -0.15) is 5.26 Å². The summed E-state index contributed by atoms with van der Waals surface area (Å²) in [5.74, 6) is 0.617. The van der Waals surface area contributed by atoms with Gasteiger partial charge in [-0.15, -0.1) is 0 Å². The molecule has 0 radical (unpaired) electrons.